The van der Waals surface area contributed by atoms with E-state index in [0.29, 0.717) is 24.0 Å². The summed E-state index contributed by atoms with van der Waals surface area (Å²) in [7, 11) is 0. The van der Waals surface area contributed by atoms with E-state index in [0.717, 1.165) is 26.0 Å². The van der Waals surface area contributed by atoms with E-state index in [1.165, 1.54) is 17.5 Å². The molecule has 0 bridgehead atoms. The third-order valence-electron chi connectivity index (χ3n) is 4.46. The Morgan fingerprint density at radius 3 is 2.48 bits per heavy atom. The monoisotopic (exact) mass is 289 g/mol. The summed E-state index contributed by atoms with van der Waals surface area (Å²) >= 11 is 0. The van der Waals surface area contributed by atoms with Gasteiger partial charge < -0.3 is 10.1 Å². The molecular weight excluding hydrogens is 258 g/mol. The predicted molar refractivity (Wildman–Crippen MR) is 89.5 cm³/mol. The molecule has 0 saturated carbocycles. The van der Waals surface area contributed by atoms with Crippen molar-refractivity contribution in [3.63, 3.8) is 0 Å². The first-order valence-electron chi connectivity index (χ1n) is 8.55. The molecule has 1 aliphatic heterocycles. The van der Waals surface area contributed by atoms with Gasteiger partial charge >= 0.3 is 0 Å². The highest BCUT2D eigenvalue weighted by Crippen LogP contribution is 2.33. The normalized spacial score (nSPS) is 23.7. The number of benzene rings is 1. The second-order valence-corrected chi connectivity index (χ2v) is 6.80. The van der Waals surface area contributed by atoms with Crippen molar-refractivity contribution in [2.24, 2.45) is 11.8 Å². The summed E-state index contributed by atoms with van der Waals surface area (Å²) in [5.41, 5.74) is 2.86. The topological polar surface area (TPSA) is 21.3 Å². The Kier molecular flexibility index (Phi) is 6.25. The van der Waals surface area contributed by atoms with Crippen molar-refractivity contribution in [1.82, 2.24) is 5.32 Å². The molecule has 1 aromatic rings. The summed E-state index contributed by atoms with van der Waals surface area (Å²) in [6.45, 7) is 11.0. The lowest BCUT2D eigenvalue weighted by Crippen LogP contribution is -2.32. The van der Waals surface area contributed by atoms with Crippen molar-refractivity contribution < 1.29 is 4.74 Å². The maximum atomic E-state index is 5.78. The maximum absolute atomic E-state index is 5.78. The first-order valence-corrected chi connectivity index (χ1v) is 8.55. The van der Waals surface area contributed by atoms with Crippen molar-refractivity contribution in [2.45, 2.75) is 59.1 Å². The molecule has 3 unspecified atom stereocenters. The zero-order valence-electron chi connectivity index (χ0n) is 14.1. The van der Waals surface area contributed by atoms with Gasteiger partial charge in [-0.2, -0.15) is 0 Å². The van der Waals surface area contributed by atoms with Gasteiger partial charge in [-0.1, -0.05) is 45.0 Å². The van der Waals surface area contributed by atoms with Crippen LogP contribution >= 0.6 is 0 Å². The van der Waals surface area contributed by atoms with Gasteiger partial charge in [0.2, 0.25) is 0 Å². The lowest BCUT2D eigenvalue weighted by molar-refractivity contribution is 0.0954. The van der Waals surface area contributed by atoms with Crippen LogP contribution in [0.1, 0.15) is 57.7 Å². The molecule has 1 aromatic carbocycles. The predicted octanol–water partition coefficient (Wildman–Crippen LogP) is 4.35. The number of hydrogen-bond acceptors (Lipinski definition) is 2. The van der Waals surface area contributed by atoms with Gasteiger partial charge in [-0.05, 0) is 49.8 Å². The van der Waals surface area contributed by atoms with Crippen LogP contribution < -0.4 is 5.32 Å². The van der Waals surface area contributed by atoms with E-state index in [2.05, 4.69) is 57.3 Å². The number of ether oxygens (including phenoxy) is 1. The molecule has 0 radical (unpaired) electrons. The summed E-state index contributed by atoms with van der Waals surface area (Å²) in [6, 6.07) is 9.66. The van der Waals surface area contributed by atoms with E-state index in [1.54, 1.807) is 0 Å². The molecule has 1 N–H and O–H groups in total. The summed E-state index contributed by atoms with van der Waals surface area (Å²) in [4.78, 5) is 0. The minimum Gasteiger partial charge on any atom is -0.378 e. The molecule has 1 heterocycles. The molecule has 0 aliphatic carbocycles. The minimum absolute atomic E-state index is 0.356. The van der Waals surface area contributed by atoms with Gasteiger partial charge in [-0.25, -0.2) is 0 Å². The van der Waals surface area contributed by atoms with Crippen LogP contribution in [0.15, 0.2) is 24.3 Å². The molecular formula is C19H31NO. The Morgan fingerprint density at radius 2 is 1.95 bits per heavy atom. The zero-order chi connectivity index (χ0) is 15.2. The standard InChI is InChI=1S/C19H31NO/c1-5-11-20-19(18-10-12-21-15(18)4)17-8-6-16(7-9-17)13-14(2)3/h6-9,14-15,18-20H,5,10-13H2,1-4H3. The summed E-state index contributed by atoms with van der Waals surface area (Å²) in [5, 5.41) is 3.74. The fraction of sp³-hybridized carbons (Fsp3) is 0.684. The van der Waals surface area contributed by atoms with Gasteiger partial charge in [-0.3, -0.25) is 0 Å². The van der Waals surface area contributed by atoms with Gasteiger partial charge in [0.15, 0.2) is 0 Å². The van der Waals surface area contributed by atoms with E-state index in [4.69, 9.17) is 4.74 Å². The van der Waals surface area contributed by atoms with Crippen molar-refractivity contribution in [1.29, 1.82) is 0 Å². The molecule has 118 valence electrons. The quantitative estimate of drug-likeness (QED) is 0.805. The number of rotatable bonds is 7. The van der Waals surface area contributed by atoms with Crippen LogP contribution in [-0.4, -0.2) is 19.3 Å². The van der Waals surface area contributed by atoms with Crippen molar-refractivity contribution in [2.75, 3.05) is 13.2 Å². The third kappa shape index (κ3) is 4.55. The van der Waals surface area contributed by atoms with Gasteiger partial charge in [0.1, 0.15) is 0 Å². The van der Waals surface area contributed by atoms with Gasteiger partial charge in [0.05, 0.1) is 6.10 Å². The van der Waals surface area contributed by atoms with Crippen LogP contribution in [0.4, 0.5) is 0 Å². The first kappa shape index (κ1) is 16.5. The highest BCUT2D eigenvalue weighted by Gasteiger charge is 2.32. The van der Waals surface area contributed by atoms with Gasteiger partial charge in [0, 0.05) is 18.6 Å². The lowest BCUT2D eigenvalue weighted by atomic mass is 9.87. The number of nitrogens with one attached hydrogen (secondary N) is 1. The Morgan fingerprint density at radius 1 is 1.24 bits per heavy atom. The van der Waals surface area contributed by atoms with Crippen LogP contribution in [0.25, 0.3) is 0 Å². The Bertz CT molecular complexity index is 412. The first-order chi connectivity index (χ1) is 10.1. The molecule has 0 spiro atoms. The van der Waals surface area contributed by atoms with Gasteiger partial charge in [0.25, 0.3) is 0 Å². The second-order valence-electron chi connectivity index (χ2n) is 6.80. The number of hydrogen-bond donors (Lipinski definition) is 1. The highest BCUT2D eigenvalue weighted by atomic mass is 16.5. The average Bonchev–Trinajstić information content (AvgIpc) is 2.87. The van der Waals surface area contributed by atoms with Gasteiger partial charge in [-0.15, -0.1) is 0 Å². The maximum Gasteiger partial charge on any atom is 0.0594 e. The average molecular weight is 289 g/mol. The van der Waals surface area contributed by atoms with Crippen LogP contribution in [0, 0.1) is 11.8 Å². The summed E-state index contributed by atoms with van der Waals surface area (Å²) in [6.07, 6.45) is 3.85. The van der Waals surface area contributed by atoms with Crippen LogP contribution in [0.5, 0.6) is 0 Å². The molecule has 1 aliphatic rings. The smallest absolute Gasteiger partial charge is 0.0594 e. The Balaban J connectivity index is 2.12. The molecule has 0 amide bonds. The molecule has 0 aromatic heterocycles. The van der Waals surface area contributed by atoms with Crippen LogP contribution in [0.2, 0.25) is 0 Å². The Hall–Kier alpha value is -0.860. The SMILES string of the molecule is CCCNC(c1ccc(CC(C)C)cc1)C1CCOC1C. The summed E-state index contributed by atoms with van der Waals surface area (Å²) < 4.78 is 5.78. The zero-order valence-corrected chi connectivity index (χ0v) is 14.1. The van der Waals surface area contributed by atoms with E-state index in [1.807, 2.05) is 0 Å². The van der Waals surface area contributed by atoms with E-state index >= 15 is 0 Å². The molecule has 21 heavy (non-hydrogen) atoms. The van der Waals surface area contributed by atoms with Crippen molar-refractivity contribution in [3.8, 4) is 0 Å². The lowest BCUT2D eigenvalue weighted by Gasteiger charge is -2.27. The molecule has 2 rings (SSSR count). The van der Waals surface area contributed by atoms with E-state index < -0.39 is 0 Å². The van der Waals surface area contributed by atoms with Crippen LogP contribution in [-0.2, 0) is 11.2 Å². The second kappa shape index (κ2) is 7.95. The minimum atomic E-state index is 0.356. The molecule has 1 saturated heterocycles. The third-order valence-corrected chi connectivity index (χ3v) is 4.46. The fourth-order valence-electron chi connectivity index (χ4n) is 3.33. The van der Waals surface area contributed by atoms with E-state index in [9.17, 15) is 0 Å². The highest BCUT2D eigenvalue weighted by molar-refractivity contribution is 5.26. The van der Waals surface area contributed by atoms with Crippen molar-refractivity contribution in [3.05, 3.63) is 35.4 Å². The largest absolute Gasteiger partial charge is 0.378 e. The van der Waals surface area contributed by atoms with E-state index in [-0.39, 0.29) is 0 Å². The molecule has 2 nitrogen and oxygen atoms in total. The molecule has 2 heteroatoms. The fourth-order valence-corrected chi connectivity index (χ4v) is 3.33. The Labute approximate surface area is 130 Å². The van der Waals surface area contributed by atoms with Crippen molar-refractivity contribution >= 4 is 0 Å². The molecule has 1 fully saturated rings. The summed E-state index contributed by atoms with van der Waals surface area (Å²) in [5.74, 6) is 1.31. The van der Waals surface area contributed by atoms with Crippen LogP contribution in [0.3, 0.4) is 0 Å². The molecule has 3 atom stereocenters.